The molecular formula is C11H20. The van der Waals surface area contributed by atoms with Gasteiger partial charge in [0.1, 0.15) is 0 Å². The molecule has 0 N–H and O–H groups in total. The van der Waals surface area contributed by atoms with Crippen LogP contribution in [0.1, 0.15) is 52.9 Å². The minimum absolute atomic E-state index is 0.932. The molecule has 11 heavy (non-hydrogen) atoms. The monoisotopic (exact) mass is 152 g/mol. The predicted molar refractivity (Wildman–Crippen MR) is 50.6 cm³/mol. The Morgan fingerprint density at radius 1 is 1.27 bits per heavy atom. The molecule has 0 aliphatic heterocycles. The normalized spacial score (nSPS) is 18.8. The van der Waals surface area contributed by atoms with Gasteiger partial charge >= 0.3 is 0 Å². The molecule has 0 amide bonds. The summed E-state index contributed by atoms with van der Waals surface area (Å²) in [5.41, 5.74) is 3.51. The predicted octanol–water partition coefficient (Wildman–Crippen LogP) is 3.92. The Morgan fingerprint density at radius 3 is 2.45 bits per heavy atom. The fourth-order valence-corrected chi connectivity index (χ4v) is 1.48. The van der Waals surface area contributed by atoms with E-state index in [1.807, 2.05) is 0 Å². The van der Waals surface area contributed by atoms with Gasteiger partial charge in [-0.25, -0.2) is 0 Å². The summed E-state index contributed by atoms with van der Waals surface area (Å²) in [6, 6.07) is 0. The molecule has 0 saturated carbocycles. The minimum atomic E-state index is 0.932. The summed E-state index contributed by atoms with van der Waals surface area (Å²) in [4.78, 5) is 0. The van der Waals surface area contributed by atoms with Crippen LogP contribution in [-0.4, -0.2) is 0 Å². The zero-order valence-corrected chi connectivity index (χ0v) is 8.11. The number of rotatable bonds is 5. The van der Waals surface area contributed by atoms with Crippen molar-refractivity contribution >= 4 is 0 Å². The van der Waals surface area contributed by atoms with Gasteiger partial charge < -0.3 is 0 Å². The van der Waals surface area contributed by atoms with Gasteiger partial charge in [-0.3, -0.25) is 0 Å². The molecule has 0 nitrogen and oxygen atoms in total. The third-order valence-corrected chi connectivity index (χ3v) is 2.86. The van der Waals surface area contributed by atoms with Crippen LogP contribution in [0.25, 0.3) is 0 Å². The lowest BCUT2D eigenvalue weighted by Gasteiger charge is -2.04. The molecule has 0 heteroatoms. The second-order valence-corrected chi connectivity index (χ2v) is 3.79. The number of allylic oxidation sites excluding steroid dienone is 2. The second-order valence-electron chi connectivity index (χ2n) is 3.79. The molecule has 64 valence electrons. The van der Waals surface area contributed by atoms with Crippen molar-refractivity contribution in [1.29, 1.82) is 0 Å². The van der Waals surface area contributed by atoms with E-state index in [9.17, 15) is 0 Å². The molecule has 0 heterocycles. The lowest BCUT2D eigenvalue weighted by Crippen LogP contribution is -1.90. The fourth-order valence-electron chi connectivity index (χ4n) is 1.48. The van der Waals surface area contributed by atoms with Crippen molar-refractivity contribution in [1.82, 2.24) is 0 Å². The van der Waals surface area contributed by atoms with Crippen molar-refractivity contribution in [3.05, 3.63) is 11.1 Å². The van der Waals surface area contributed by atoms with Crippen molar-refractivity contribution in [2.75, 3.05) is 0 Å². The van der Waals surface area contributed by atoms with Crippen LogP contribution in [-0.2, 0) is 0 Å². The van der Waals surface area contributed by atoms with Gasteiger partial charge in [-0.2, -0.15) is 0 Å². The Kier molecular flexibility index (Phi) is 3.16. The first kappa shape index (κ1) is 8.83. The van der Waals surface area contributed by atoms with E-state index in [2.05, 4.69) is 20.8 Å². The maximum absolute atomic E-state index is 2.36. The highest BCUT2D eigenvalue weighted by molar-refractivity contribution is 5.34. The smallest absolute Gasteiger partial charge is 0.0103 e. The molecule has 1 aliphatic carbocycles. The van der Waals surface area contributed by atoms with Crippen molar-refractivity contribution in [2.24, 2.45) is 5.92 Å². The summed E-state index contributed by atoms with van der Waals surface area (Å²) >= 11 is 0. The van der Waals surface area contributed by atoms with Gasteiger partial charge in [0.05, 0.1) is 0 Å². The highest BCUT2D eigenvalue weighted by Gasteiger charge is 2.18. The molecule has 1 atom stereocenters. The van der Waals surface area contributed by atoms with Crippen LogP contribution < -0.4 is 0 Å². The molecule has 0 aromatic rings. The molecule has 1 unspecified atom stereocenters. The van der Waals surface area contributed by atoms with E-state index in [4.69, 9.17) is 0 Å². The maximum Gasteiger partial charge on any atom is -0.0103 e. The van der Waals surface area contributed by atoms with Gasteiger partial charge in [-0.1, -0.05) is 38.3 Å². The first-order chi connectivity index (χ1) is 5.27. The Balaban J connectivity index is 2.10. The Hall–Kier alpha value is -0.260. The topological polar surface area (TPSA) is 0 Å². The van der Waals surface area contributed by atoms with Gasteiger partial charge in [0.2, 0.25) is 0 Å². The van der Waals surface area contributed by atoms with Crippen LogP contribution >= 0.6 is 0 Å². The van der Waals surface area contributed by atoms with E-state index in [1.54, 1.807) is 11.1 Å². The first-order valence-electron chi connectivity index (χ1n) is 4.97. The van der Waals surface area contributed by atoms with Crippen molar-refractivity contribution < 1.29 is 0 Å². The second kappa shape index (κ2) is 3.94. The Labute approximate surface area is 70.7 Å². The Bertz CT molecular complexity index is 153. The van der Waals surface area contributed by atoms with E-state index in [-0.39, 0.29) is 0 Å². The van der Waals surface area contributed by atoms with E-state index >= 15 is 0 Å². The van der Waals surface area contributed by atoms with Crippen molar-refractivity contribution in [3.63, 3.8) is 0 Å². The molecular weight excluding hydrogens is 132 g/mol. The van der Waals surface area contributed by atoms with Gasteiger partial charge in [0.15, 0.2) is 0 Å². The molecule has 0 radical (unpaired) electrons. The average Bonchev–Trinajstić information content (AvgIpc) is 2.78. The first-order valence-corrected chi connectivity index (χ1v) is 4.97. The molecule has 1 rings (SSSR count). The summed E-state index contributed by atoms with van der Waals surface area (Å²) in [6.45, 7) is 6.91. The standard InChI is InChI=1S/C11H20/c1-4-9(3)6-7-11-8-10(11)5-2/h9H,4-8H2,1-3H3. The summed E-state index contributed by atoms with van der Waals surface area (Å²) in [5.74, 6) is 0.932. The van der Waals surface area contributed by atoms with Crippen LogP contribution in [0.15, 0.2) is 11.1 Å². The SMILES string of the molecule is CCC1=C(CCC(C)CC)C1. The van der Waals surface area contributed by atoms with Crippen LogP contribution in [0.3, 0.4) is 0 Å². The zero-order chi connectivity index (χ0) is 8.27. The van der Waals surface area contributed by atoms with E-state index in [1.165, 1.54) is 32.1 Å². The summed E-state index contributed by atoms with van der Waals surface area (Å²) in [6.07, 6.45) is 6.81. The summed E-state index contributed by atoms with van der Waals surface area (Å²) < 4.78 is 0. The zero-order valence-electron chi connectivity index (χ0n) is 8.11. The van der Waals surface area contributed by atoms with E-state index < -0.39 is 0 Å². The van der Waals surface area contributed by atoms with Crippen LogP contribution in [0.5, 0.6) is 0 Å². The van der Waals surface area contributed by atoms with Gasteiger partial charge in [-0.05, 0) is 31.6 Å². The maximum atomic E-state index is 2.36. The van der Waals surface area contributed by atoms with Gasteiger partial charge in [-0.15, -0.1) is 0 Å². The fraction of sp³-hybridized carbons (Fsp3) is 0.818. The van der Waals surface area contributed by atoms with Crippen LogP contribution in [0.2, 0.25) is 0 Å². The molecule has 0 spiro atoms. The molecule has 0 fully saturated rings. The minimum Gasteiger partial charge on any atom is -0.0669 e. The largest absolute Gasteiger partial charge is 0.0669 e. The van der Waals surface area contributed by atoms with Crippen molar-refractivity contribution in [2.45, 2.75) is 52.9 Å². The average molecular weight is 152 g/mol. The lowest BCUT2D eigenvalue weighted by molar-refractivity contribution is 0.518. The highest BCUT2D eigenvalue weighted by Crippen LogP contribution is 2.37. The highest BCUT2D eigenvalue weighted by atomic mass is 14.2. The van der Waals surface area contributed by atoms with Gasteiger partial charge in [0, 0.05) is 0 Å². The third kappa shape index (κ3) is 2.69. The number of hydrogen-bond acceptors (Lipinski definition) is 0. The summed E-state index contributed by atoms with van der Waals surface area (Å²) in [7, 11) is 0. The Morgan fingerprint density at radius 2 is 2.00 bits per heavy atom. The quantitative estimate of drug-likeness (QED) is 0.524. The van der Waals surface area contributed by atoms with Crippen molar-refractivity contribution in [3.8, 4) is 0 Å². The summed E-state index contributed by atoms with van der Waals surface area (Å²) in [5, 5.41) is 0. The molecule has 1 aliphatic rings. The van der Waals surface area contributed by atoms with Gasteiger partial charge in [0.25, 0.3) is 0 Å². The molecule has 0 bridgehead atoms. The molecule has 0 saturated heterocycles. The number of hydrogen-bond donors (Lipinski definition) is 0. The van der Waals surface area contributed by atoms with Crippen LogP contribution in [0.4, 0.5) is 0 Å². The molecule has 0 aromatic carbocycles. The van der Waals surface area contributed by atoms with E-state index in [0.29, 0.717) is 0 Å². The van der Waals surface area contributed by atoms with E-state index in [0.717, 1.165) is 5.92 Å². The third-order valence-electron chi connectivity index (χ3n) is 2.86. The molecule has 0 aromatic heterocycles. The van der Waals surface area contributed by atoms with Crippen LogP contribution in [0, 0.1) is 5.92 Å². The lowest BCUT2D eigenvalue weighted by atomic mass is 10.0.